The lowest BCUT2D eigenvalue weighted by Crippen LogP contribution is -2.44. The van der Waals surface area contributed by atoms with Gasteiger partial charge in [-0.15, -0.1) is 0 Å². The van der Waals surface area contributed by atoms with Crippen LogP contribution in [0.15, 0.2) is 36.7 Å². The topological polar surface area (TPSA) is 204 Å². The summed E-state index contributed by atoms with van der Waals surface area (Å²) in [6, 6.07) is 9.02. The molecule has 0 saturated carbocycles. The molecular formula is C39H59FN5O9P. The van der Waals surface area contributed by atoms with E-state index in [2.05, 4.69) is 17.0 Å². The van der Waals surface area contributed by atoms with Crippen molar-refractivity contribution in [2.45, 2.75) is 140 Å². The van der Waals surface area contributed by atoms with Crippen LogP contribution in [0.5, 0.6) is 0 Å². The minimum atomic E-state index is -4.76. The van der Waals surface area contributed by atoms with Crippen molar-refractivity contribution in [3.63, 3.8) is 0 Å². The normalized spacial score (nSPS) is 21.5. The maximum absolute atomic E-state index is 14.0. The van der Waals surface area contributed by atoms with Crippen molar-refractivity contribution in [2.75, 3.05) is 32.2 Å². The van der Waals surface area contributed by atoms with Crippen LogP contribution in [-0.4, -0.2) is 80.0 Å². The van der Waals surface area contributed by atoms with Crippen LogP contribution in [0, 0.1) is 17.1 Å². The lowest BCUT2D eigenvalue weighted by atomic mass is 9.97. The number of benzene rings is 1. The second-order valence-electron chi connectivity index (χ2n) is 14.6. The molecule has 3 heterocycles. The SMILES string of the molecule is CCCCCCCCCCCCCCCCOC[C@H](COP(=O)(O)OC[C@@]1(C)O[C@@H](c2ccc3c(N)ncnn23)[C@H](O)[C@@H]1O)OCc1cc(F)cc(C#N)c1. The molecule has 5 N–H and O–H groups in total. The monoisotopic (exact) mass is 791 g/mol. The molecule has 16 heteroatoms. The van der Waals surface area contributed by atoms with E-state index in [1.54, 1.807) is 12.1 Å². The number of aliphatic hydroxyl groups excluding tert-OH is 2. The number of fused-ring (bicyclic) bond motifs is 1. The third-order valence-corrected chi connectivity index (χ3v) is 10.8. The Kier molecular flexibility index (Phi) is 18.4. The van der Waals surface area contributed by atoms with Gasteiger partial charge in [0.2, 0.25) is 0 Å². The summed E-state index contributed by atoms with van der Waals surface area (Å²) in [4.78, 5) is 14.6. The standard InChI is InChI=1S/C39H59FN5O9P/c1-3-4-5-6-7-8-9-10-11-12-13-14-15-16-19-50-25-32(51-24-30-20-29(23-41)21-31(40)22-30)26-52-55(48,49)53-27-39(2)37(47)35(46)36(54-39)33-17-18-34-38(42)43-28-44-45(33)34/h17-18,20-22,28,32,35-37,46-47H,3-16,19,24-27H2,1-2H3,(H,48,49)(H2,42,43,44)/t32-,35+,36+,37+,39-/m1/s1. The fourth-order valence-corrected chi connectivity index (χ4v) is 7.54. The van der Waals surface area contributed by atoms with E-state index in [4.69, 9.17) is 29.0 Å². The average molecular weight is 792 g/mol. The lowest BCUT2D eigenvalue weighted by Gasteiger charge is -2.28. The van der Waals surface area contributed by atoms with Crippen molar-refractivity contribution in [1.29, 1.82) is 5.26 Å². The van der Waals surface area contributed by atoms with Crippen LogP contribution in [0.4, 0.5) is 10.2 Å². The minimum absolute atomic E-state index is 0.0195. The number of nitriles is 1. The van der Waals surface area contributed by atoms with E-state index < -0.39 is 56.9 Å². The number of aliphatic hydroxyl groups is 2. The van der Waals surface area contributed by atoms with Crippen molar-refractivity contribution < 1.29 is 47.3 Å². The van der Waals surface area contributed by atoms with E-state index in [0.717, 1.165) is 25.3 Å². The van der Waals surface area contributed by atoms with Gasteiger partial charge >= 0.3 is 7.82 Å². The highest BCUT2D eigenvalue weighted by molar-refractivity contribution is 7.47. The first-order chi connectivity index (χ1) is 26.5. The third-order valence-electron chi connectivity index (χ3n) is 9.91. The molecule has 1 unspecified atom stereocenters. The van der Waals surface area contributed by atoms with Gasteiger partial charge in [-0.25, -0.2) is 18.5 Å². The Morgan fingerprint density at radius 3 is 2.31 bits per heavy atom. The Labute approximate surface area is 323 Å². The molecular weight excluding hydrogens is 732 g/mol. The quantitative estimate of drug-likeness (QED) is 0.0450. The molecule has 0 radical (unpaired) electrons. The number of phosphoric acid groups is 1. The van der Waals surface area contributed by atoms with Gasteiger partial charge < -0.3 is 35.1 Å². The molecule has 0 bridgehead atoms. The zero-order valence-corrected chi connectivity index (χ0v) is 33.1. The number of hydrogen-bond donors (Lipinski definition) is 4. The molecule has 14 nitrogen and oxygen atoms in total. The summed E-state index contributed by atoms with van der Waals surface area (Å²) in [5.74, 6) is -0.378. The molecule has 1 saturated heterocycles. The fourth-order valence-electron chi connectivity index (χ4n) is 6.69. The number of anilines is 1. The summed E-state index contributed by atoms with van der Waals surface area (Å²) in [5, 5.41) is 35.2. The number of nitrogens with zero attached hydrogens (tertiary/aromatic N) is 4. The molecule has 55 heavy (non-hydrogen) atoms. The highest BCUT2D eigenvalue weighted by atomic mass is 31.2. The molecule has 0 spiro atoms. The molecule has 1 aliphatic rings. The number of aromatic nitrogens is 3. The zero-order valence-electron chi connectivity index (χ0n) is 32.2. The van der Waals surface area contributed by atoms with E-state index >= 15 is 0 Å². The van der Waals surface area contributed by atoms with E-state index in [1.165, 1.54) is 101 Å². The second kappa shape index (κ2) is 22.6. The van der Waals surface area contributed by atoms with Crippen LogP contribution in [0.25, 0.3) is 5.52 Å². The smallest absolute Gasteiger partial charge is 0.387 e. The van der Waals surface area contributed by atoms with Gasteiger partial charge in [-0.3, -0.25) is 9.05 Å². The summed E-state index contributed by atoms with van der Waals surface area (Å²) < 4.78 is 56.8. The van der Waals surface area contributed by atoms with Crippen LogP contribution in [0.3, 0.4) is 0 Å². The zero-order chi connectivity index (χ0) is 39.7. The molecule has 2 aromatic heterocycles. The van der Waals surface area contributed by atoms with Gasteiger partial charge in [0.1, 0.15) is 47.7 Å². The molecule has 4 rings (SSSR count). The summed E-state index contributed by atoms with van der Waals surface area (Å²) in [7, 11) is -4.76. The van der Waals surface area contributed by atoms with Crippen molar-refractivity contribution in [3.05, 3.63) is 59.3 Å². The van der Waals surface area contributed by atoms with Crippen molar-refractivity contribution in [1.82, 2.24) is 14.6 Å². The van der Waals surface area contributed by atoms with E-state index in [-0.39, 0.29) is 24.6 Å². The van der Waals surface area contributed by atoms with Crippen molar-refractivity contribution in [3.8, 4) is 6.07 Å². The Balaban J connectivity index is 1.22. The summed E-state index contributed by atoms with van der Waals surface area (Å²) in [6.45, 7) is 3.01. The van der Waals surface area contributed by atoms with Gasteiger partial charge in [0.25, 0.3) is 0 Å². The molecule has 3 aromatic rings. The van der Waals surface area contributed by atoms with E-state index in [1.807, 2.05) is 6.07 Å². The Morgan fingerprint density at radius 1 is 1.00 bits per heavy atom. The predicted octanol–water partition coefficient (Wildman–Crippen LogP) is 7.09. The van der Waals surface area contributed by atoms with Crippen LogP contribution in [0.1, 0.15) is 127 Å². The predicted molar refractivity (Wildman–Crippen MR) is 204 cm³/mol. The van der Waals surface area contributed by atoms with Gasteiger partial charge in [0, 0.05) is 6.61 Å². The summed E-state index contributed by atoms with van der Waals surface area (Å²) >= 11 is 0. The number of unbranched alkanes of at least 4 members (excludes halogenated alkanes) is 13. The summed E-state index contributed by atoms with van der Waals surface area (Å²) in [6.07, 6.45) is 13.7. The van der Waals surface area contributed by atoms with Gasteiger partial charge in [-0.1, -0.05) is 90.4 Å². The number of rotatable bonds is 27. The molecule has 1 aliphatic heterocycles. The first kappa shape index (κ1) is 44.7. The molecule has 1 aromatic carbocycles. The minimum Gasteiger partial charge on any atom is -0.387 e. The van der Waals surface area contributed by atoms with Crippen LogP contribution >= 0.6 is 7.82 Å². The van der Waals surface area contributed by atoms with Crippen molar-refractivity contribution in [2.24, 2.45) is 0 Å². The number of nitrogens with two attached hydrogens (primary N) is 1. The molecule has 306 valence electrons. The molecule has 1 fully saturated rings. The number of ether oxygens (including phenoxy) is 3. The number of nitrogen functional groups attached to an aromatic ring is 1. The molecule has 6 atom stereocenters. The Bertz CT molecular complexity index is 1690. The van der Waals surface area contributed by atoms with Gasteiger partial charge in [0.15, 0.2) is 5.82 Å². The van der Waals surface area contributed by atoms with Crippen LogP contribution < -0.4 is 5.73 Å². The average Bonchev–Trinajstić information content (AvgIpc) is 3.70. The van der Waals surface area contributed by atoms with E-state index in [9.17, 15) is 29.3 Å². The molecule has 0 aliphatic carbocycles. The highest BCUT2D eigenvalue weighted by Crippen LogP contribution is 2.47. The Hall–Kier alpha value is -3.03. The van der Waals surface area contributed by atoms with E-state index in [0.29, 0.717) is 23.4 Å². The molecule has 0 amide bonds. The van der Waals surface area contributed by atoms with Gasteiger partial charge in [-0.05, 0) is 49.2 Å². The second-order valence-corrected chi connectivity index (χ2v) is 16.0. The van der Waals surface area contributed by atoms with Crippen molar-refractivity contribution >= 4 is 19.2 Å². The highest BCUT2D eigenvalue weighted by Gasteiger charge is 2.53. The summed E-state index contributed by atoms with van der Waals surface area (Å²) in [5.41, 5.74) is 5.70. The first-order valence-electron chi connectivity index (χ1n) is 19.6. The van der Waals surface area contributed by atoms with Gasteiger partial charge in [0.05, 0.1) is 43.8 Å². The Morgan fingerprint density at radius 2 is 1.65 bits per heavy atom. The maximum Gasteiger partial charge on any atom is 0.472 e. The number of hydrogen-bond acceptors (Lipinski definition) is 12. The third kappa shape index (κ3) is 14.1. The van der Waals surface area contributed by atoms with Crippen LogP contribution in [0.2, 0.25) is 0 Å². The lowest BCUT2D eigenvalue weighted by molar-refractivity contribution is -0.102. The number of phosphoric ester groups is 1. The maximum atomic E-state index is 14.0. The van der Waals surface area contributed by atoms with Crippen LogP contribution in [-0.2, 0) is 34.4 Å². The number of halogens is 1. The van der Waals surface area contributed by atoms with Gasteiger partial charge in [-0.2, -0.15) is 10.4 Å². The fraction of sp³-hybridized carbons (Fsp3) is 0.667. The first-order valence-corrected chi connectivity index (χ1v) is 21.1. The largest absolute Gasteiger partial charge is 0.472 e.